The van der Waals surface area contributed by atoms with Crippen LogP contribution in [0.5, 0.6) is 0 Å². The largest absolute Gasteiger partial charge is 0.509 e. The van der Waals surface area contributed by atoms with Crippen LogP contribution in [0, 0.1) is 19.5 Å². The third-order valence-electron chi connectivity index (χ3n) is 4.71. The van der Waals surface area contributed by atoms with Crippen molar-refractivity contribution in [3.8, 4) is 12.5 Å². The van der Waals surface area contributed by atoms with E-state index in [-0.39, 0.29) is 11.7 Å². The summed E-state index contributed by atoms with van der Waals surface area (Å²) < 4.78 is 4.54. The van der Waals surface area contributed by atoms with Crippen LogP contribution >= 0.6 is 0 Å². The van der Waals surface area contributed by atoms with Crippen molar-refractivity contribution in [1.82, 2.24) is 10.2 Å². The maximum absolute atomic E-state index is 12.5. The van der Waals surface area contributed by atoms with Gasteiger partial charge in [0.25, 0.3) is 5.91 Å². The molecule has 1 spiro atoms. The number of nitrogens with one attached hydrogen (secondary N) is 1. The van der Waals surface area contributed by atoms with Crippen molar-refractivity contribution in [3.63, 3.8) is 0 Å². The van der Waals surface area contributed by atoms with Gasteiger partial charge in [-0.2, -0.15) is 0 Å². The summed E-state index contributed by atoms with van der Waals surface area (Å²) in [6.07, 6.45) is 7.04. The molecular weight excluding hydrogens is 308 g/mol. The van der Waals surface area contributed by atoms with E-state index >= 15 is 0 Å². The predicted molar refractivity (Wildman–Crippen MR) is 87.7 cm³/mol. The van der Waals surface area contributed by atoms with Crippen LogP contribution in [0.15, 0.2) is 30.0 Å². The van der Waals surface area contributed by atoms with Crippen molar-refractivity contribution in [2.75, 3.05) is 13.1 Å². The van der Waals surface area contributed by atoms with Crippen LogP contribution in [-0.2, 0) is 9.53 Å². The number of hydrogen-bond donors (Lipinski definition) is 2. The second-order valence-electron chi connectivity index (χ2n) is 6.05. The number of benzene rings is 1. The summed E-state index contributed by atoms with van der Waals surface area (Å²) in [5.41, 5.74) is 1.12. The SMILES string of the molecule is C#COC(=O)N1CCC2(CC1)NC(=O)C(c1ccccc1C)=C2O. The first-order valence-electron chi connectivity index (χ1n) is 7.72. The maximum atomic E-state index is 12.5. The van der Waals surface area contributed by atoms with E-state index < -0.39 is 11.6 Å². The number of aliphatic hydroxyl groups is 1. The summed E-state index contributed by atoms with van der Waals surface area (Å²) in [5.74, 6) is -0.242. The molecule has 2 amide bonds. The minimum absolute atomic E-state index is 0.0479. The van der Waals surface area contributed by atoms with Crippen molar-refractivity contribution in [1.29, 1.82) is 0 Å². The van der Waals surface area contributed by atoms with Gasteiger partial charge in [-0.1, -0.05) is 30.7 Å². The molecule has 0 aromatic heterocycles. The average Bonchev–Trinajstić information content (AvgIpc) is 2.80. The Kier molecular flexibility index (Phi) is 3.94. The van der Waals surface area contributed by atoms with Gasteiger partial charge in [0.1, 0.15) is 17.4 Å². The highest BCUT2D eigenvalue weighted by molar-refractivity contribution is 6.23. The molecule has 2 heterocycles. The van der Waals surface area contributed by atoms with E-state index in [1.807, 2.05) is 37.3 Å². The number of carbonyl (C=O) groups is 2. The van der Waals surface area contributed by atoms with Gasteiger partial charge in [0.05, 0.1) is 5.57 Å². The Bertz CT molecular complexity index is 767. The zero-order valence-electron chi connectivity index (χ0n) is 13.3. The number of hydrogen-bond acceptors (Lipinski definition) is 4. The highest BCUT2D eigenvalue weighted by atomic mass is 16.5. The highest BCUT2D eigenvalue weighted by Gasteiger charge is 2.48. The van der Waals surface area contributed by atoms with Crippen LogP contribution in [0.4, 0.5) is 4.79 Å². The van der Waals surface area contributed by atoms with Crippen LogP contribution in [0.2, 0.25) is 0 Å². The summed E-state index contributed by atoms with van der Waals surface area (Å²) in [4.78, 5) is 25.6. The first-order chi connectivity index (χ1) is 11.5. The van der Waals surface area contributed by atoms with Gasteiger partial charge >= 0.3 is 6.09 Å². The number of nitrogens with zero attached hydrogens (tertiary/aromatic N) is 1. The molecule has 1 aromatic rings. The monoisotopic (exact) mass is 326 g/mol. The molecule has 24 heavy (non-hydrogen) atoms. The molecule has 3 rings (SSSR count). The van der Waals surface area contributed by atoms with E-state index in [1.54, 1.807) is 0 Å². The quantitative estimate of drug-likeness (QED) is 0.773. The molecule has 0 atom stereocenters. The minimum atomic E-state index is -0.832. The van der Waals surface area contributed by atoms with Crippen molar-refractivity contribution < 1.29 is 19.4 Å². The van der Waals surface area contributed by atoms with Gasteiger partial charge in [-0.25, -0.2) is 4.79 Å². The molecule has 6 nitrogen and oxygen atoms in total. The third kappa shape index (κ3) is 2.48. The Balaban J connectivity index is 1.87. The number of piperidine rings is 1. The van der Waals surface area contributed by atoms with Gasteiger partial charge in [0.15, 0.2) is 0 Å². The Labute approximate surface area is 140 Å². The van der Waals surface area contributed by atoms with E-state index in [4.69, 9.17) is 6.42 Å². The van der Waals surface area contributed by atoms with Gasteiger partial charge < -0.3 is 20.1 Å². The summed E-state index contributed by atoms with van der Waals surface area (Å²) in [6.45, 7) is 2.57. The van der Waals surface area contributed by atoms with Crippen molar-refractivity contribution in [2.45, 2.75) is 25.3 Å². The molecular formula is C18H18N2O4. The summed E-state index contributed by atoms with van der Waals surface area (Å²) >= 11 is 0. The molecule has 0 aliphatic carbocycles. The summed E-state index contributed by atoms with van der Waals surface area (Å²) in [6, 6.07) is 7.43. The number of rotatable bonds is 1. The Hall–Kier alpha value is -2.94. The molecule has 6 heteroatoms. The van der Waals surface area contributed by atoms with Gasteiger partial charge in [-0.05, 0) is 30.9 Å². The lowest BCUT2D eigenvalue weighted by molar-refractivity contribution is -0.116. The lowest BCUT2D eigenvalue weighted by atomic mass is 9.85. The molecule has 124 valence electrons. The number of carbonyl (C=O) groups excluding carboxylic acids is 2. The number of amides is 2. The van der Waals surface area contributed by atoms with Crippen LogP contribution in [0.3, 0.4) is 0 Å². The fraction of sp³-hybridized carbons (Fsp3) is 0.333. The van der Waals surface area contributed by atoms with Gasteiger partial charge in [0, 0.05) is 13.1 Å². The molecule has 2 aliphatic rings. The van der Waals surface area contributed by atoms with Crippen molar-refractivity contribution in [2.24, 2.45) is 0 Å². The normalized spacial score (nSPS) is 19.2. The van der Waals surface area contributed by atoms with Crippen LogP contribution < -0.4 is 5.32 Å². The highest BCUT2D eigenvalue weighted by Crippen LogP contribution is 2.39. The van der Waals surface area contributed by atoms with Gasteiger partial charge in [-0.3, -0.25) is 4.79 Å². The van der Waals surface area contributed by atoms with Gasteiger partial charge in [-0.15, -0.1) is 0 Å². The van der Waals surface area contributed by atoms with Crippen LogP contribution in [-0.4, -0.2) is 40.6 Å². The summed E-state index contributed by atoms with van der Waals surface area (Å²) in [7, 11) is 0. The first-order valence-corrected chi connectivity index (χ1v) is 7.72. The minimum Gasteiger partial charge on any atom is -0.509 e. The first kappa shape index (κ1) is 15.9. The standard InChI is InChI=1S/C18H18N2O4/c1-3-24-17(23)20-10-8-18(9-11-20)15(21)14(16(22)19-18)13-7-5-4-6-12(13)2/h1,4-7,21H,8-11H2,2H3,(H,19,22). The van der Waals surface area contributed by atoms with Crippen LogP contribution in [0.1, 0.15) is 24.0 Å². The van der Waals surface area contributed by atoms with E-state index in [1.165, 1.54) is 4.90 Å². The van der Waals surface area contributed by atoms with Gasteiger partial charge in [0.2, 0.25) is 0 Å². The second kappa shape index (κ2) is 5.93. The number of likely N-dealkylation sites (tertiary alicyclic amines) is 1. The Morgan fingerprint density at radius 3 is 2.67 bits per heavy atom. The molecule has 1 fully saturated rings. The van der Waals surface area contributed by atoms with Crippen molar-refractivity contribution >= 4 is 17.6 Å². The molecule has 1 aromatic carbocycles. The number of aryl methyl sites for hydroxylation is 1. The smallest absolute Gasteiger partial charge is 0.423 e. The second-order valence-corrected chi connectivity index (χ2v) is 6.05. The van der Waals surface area contributed by atoms with Crippen LogP contribution in [0.25, 0.3) is 5.57 Å². The lowest BCUT2D eigenvalue weighted by Crippen LogP contribution is -2.54. The Morgan fingerprint density at radius 2 is 2.04 bits per heavy atom. The van der Waals surface area contributed by atoms with E-state index in [0.717, 1.165) is 11.1 Å². The fourth-order valence-electron chi connectivity index (χ4n) is 3.34. The number of terminal acetylenes is 1. The molecule has 1 saturated heterocycles. The zero-order chi connectivity index (χ0) is 17.3. The lowest BCUT2D eigenvalue weighted by Gasteiger charge is -2.38. The molecule has 2 aliphatic heterocycles. The summed E-state index contributed by atoms with van der Waals surface area (Å²) in [5, 5.41) is 13.7. The zero-order valence-corrected chi connectivity index (χ0v) is 13.3. The maximum Gasteiger partial charge on any atom is 0.423 e. The molecule has 0 saturated carbocycles. The average molecular weight is 326 g/mol. The third-order valence-corrected chi connectivity index (χ3v) is 4.71. The number of aliphatic hydroxyl groups excluding tert-OH is 1. The van der Waals surface area contributed by atoms with E-state index in [0.29, 0.717) is 31.5 Å². The molecule has 0 bridgehead atoms. The predicted octanol–water partition coefficient (Wildman–Crippen LogP) is 1.96. The topological polar surface area (TPSA) is 78.9 Å². The Morgan fingerprint density at radius 1 is 1.38 bits per heavy atom. The van der Waals surface area contributed by atoms with E-state index in [2.05, 4.69) is 10.1 Å². The molecule has 0 unspecified atom stereocenters. The van der Waals surface area contributed by atoms with E-state index in [9.17, 15) is 14.7 Å². The fourth-order valence-corrected chi connectivity index (χ4v) is 3.34. The molecule has 2 N–H and O–H groups in total. The van der Waals surface area contributed by atoms with Crippen molar-refractivity contribution in [3.05, 3.63) is 41.2 Å². The number of ether oxygens (including phenoxy) is 1. The molecule has 0 radical (unpaired) electrons.